The number of rotatable bonds is 0. The predicted octanol–water partition coefficient (Wildman–Crippen LogP) is 3.50. The first kappa shape index (κ1) is 9.21. The Balaban J connectivity index is 2.12. The Morgan fingerprint density at radius 1 is 0.938 bits per heavy atom. The van der Waals surface area contributed by atoms with E-state index in [9.17, 15) is 0 Å². The number of nitrogens with one attached hydrogen (secondary N) is 2. The molecule has 0 fully saturated rings. The third kappa shape index (κ3) is 1.33. The van der Waals surface area contributed by atoms with E-state index in [2.05, 4.69) is 41.6 Å². The first-order chi connectivity index (χ1) is 7.74. The molecule has 0 saturated heterocycles. The van der Waals surface area contributed by atoms with Crippen LogP contribution in [-0.4, -0.2) is 4.98 Å². The van der Waals surface area contributed by atoms with E-state index in [-0.39, 0.29) is 0 Å². The molecule has 3 heteroatoms. The lowest BCUT2D eigenvalue weighted by Crippen LogP contribution is -2.08. The molecule has 0 unspecified atom stereocenters. The van der Waals surface area contributed by atoms with Crippen LogP contribution in [0, 0.1) is 13.8 Å². The van der Waals surface area contributed by atoms with Crippen LogP contribution in [0.15, 0.2) is 30.5 Å². The van der Waals surface area contributed by atoms with Gasteiger partial charge in [-0.15, -0.1) is 0 Å². The minimum absolute atomic E-state index is 0.887. The zero-order chi connectivity index (χ0) is 11.1. The molecule has 1 aromatic carbocycles. The number of anilines is 4. The first-order valence-electron chi connectivity index (χ1n) is 5.34. The van der Waals surface area contributed by atoms with Crippen LogP contribution < -0.4 is 10.6 Å². The molecule has 1 aromatic heterocycles. The summed E-state index contributed by atoms with van der Waals surface area (Å²) in [6, 6.07) is 8.26. The van der Waals surface area contributed by atoms with Crippen molar-refractivity contribution < 1.29 is 0 Å². The zero-order valence-electron chi connectivity index (χ0n) is 9.33. The molecule has 3 rings (SSSR count). The zero-order valence-corrected chi connectivity index (χ0v) is 9.33. The van der Waals surface area contributed by atoms with Gasteiger partial charge in [0, 0.05) is 6.20 Å². The molecule has 80 valence electrons. The molecular weight excluding hydrogens is 198 g/mol. The molecule has 2 N–H and O–H groups in total. The Labute approximate surface area is 94.5 Å². The molecule has 0 bridgehead atoms. The van der Waals surface area contributed by atoms with E-state index in [4.69, 9.17) is 0 Å². The topological polar surface area (TPSA) is 37.0 Å². The van der Waals surface area contributed by atoms with E-state index in [0.29, 0.717) is 0 Å². The van der Waals surface area contributed by atoms with Gasteiger partial charge >= 0.3 is 0 Å². The van der Waals surface area contributed by atoms with Crippen LogP contribution in [0.25, 0.3) is 0 Å². The summed E-state index contributed by atoms with van der Waals surface area (Å²) >= 11 is 0. The maximum atomic E-state index is 4.30. The van der Waals surface area contributed by atoms with E-state index in [1.54, 1.807) is 6.20 Å². The second-order valence-corrected chi connectivity index (χ2v) is 4.13. The number of benzene rings is 1. The van der Waals surface area contributed by atoms with Gasteiger partial charge in [-0.2, -0.15) is 0 Å². The Kier molecular flexibility index (Phi) is 1.86. The summed E-state index contributed by atoms with van der Waals surface area (Å²) in [5, 5.41) is 6.72. The minimum atomic E-state index is 0.887. The van der Waals surface area contributed by atoms with Crippen LogP contribution in [-0.2, 0) is 0 Å². The molecule has 1 aliphatic heterocycles. The molecule has 2 aromatic rings. The van der Waals surface area contributed by atoms with Gasteiger partial charge in [0.2, 0.25) is 0 Å². The van der Waals surface area contributed by atoms with E-state index in [1.807, 2.05) is 12.1 Å². The molecular formula is C13H13N3. The summed E-state index contributed by atoms with van der Waals surface area (Å²) < 4.78 is 0. The van der Waals surface area contributed by atoms with Crippen molar-refractivity contribution in [3.8, 4) is 0 Å². The Bertz CT molecular complexity index is 511. The van der Waals surface area contributed by atoms with E-state index >= 15 is 0 Å². The number of aryl methyl sites for hydroxylation is 2. The van der Waals surface area contributed by atoms with Crippen molar-refractivity contribution in [2.45, 2.75) is 13.8 Å². The standard InChI is InChI=1S/C13H13N3/c1-8-6-11-12(7-9(8)2)16-13-10(15-11)4-3-5-14-13/h3-7,15H,1-2H3,(H,14,16). The summed E-state index contributed by atoms with van der Waals surface area (Å²) in [6.07, 6.45) is 1.79. The van der Waals surface area contributed by atoms with Gasteiger partial charge in [-0.1, -0.05) is 0 Å². The molecule has 3 nitrogen and oxygen atoms in total. The SMILES string of the molecule is Cc1cc2c(cc1C)Nc1ncccc1N2. The van der Waals surface area contributed by atoms with Crippen molar-refractivity contribution in [3.63, 3.8) is 0 Å². The number of fused-ring (bicyclic) bond motifs is 2. The number of pyridine rings is 1. The molecule has 0 aliphatic carbocycles. The lowest BCUT2D eigenvalue weighted by molar-refractivity contribution is 1.26. The van der Waals surface area contributed by atoms with Gasteiger partial charge in [0.05, 0.1) is 17.1 Å². The fraction of sp³-hybridized carbons (Fsp3) is 0.154. The van der Waals surface area contributed by atoms with Crippen LogP contribution >= 0.6 is 0 Å². The largest absolute Gasteiger partial charge is 0.351 e. The van der Waals surface area contributed by atoms with E-state index in [0.717, 1.165) is 22.9 Å². The van der Waals surface area contributed by atoms with E-state index in [1.165, 1.54) is 11.1 Å². The number of hydrogen-bond donors (Lipinski definition) is 2. The highest BCUT2D eigenvalue weighted by Gasteiger charge is 2.15. The monoisotopic (exact) mass is 211 g/mol. The van der Waals surface area contributed by atoms with Crippen molar-refractivity contribution >= 4 is 22.9 Å². The Morgan fingerprint density at radius 2 is 1.62 bits per heavy atom. The smallest absolute Gasteiger partial charge is 0.154 e. The quantitative estimate of drug-likeness (QED) is 0.597. The minimum Gasteiger partial charge on any atom is -0.351 e. The van der Waals surface area contributed by atoms with Gasteiger partial charge in [0.1, 0.15) is 0 Å². The molecule has 0 atom stereocenters. The van der Waals surface area contributed by atoms with Crippen molar-refractivity contribution in [1.82, 2.24) is 4.98 Å². The maximum absolute atomic E-state index is 4.30. The van der Waals surface area contributed by atoms with Gasteiger partial charge < -0.3 is 10.6 Å². The van der Waals surface area contributed by atoms with Crippen molar-refractivity contribution in [3.05, 3.63) is 41.6 Å². The third-order valence-corrected chi connectivity index (χ3v) is 2.96. The van der Waals surface area contributed by atoms with Gasteiger partial charge in [-0.25, -0.2) is 4.98 Å². The third-order valence-electron chi connectivity index (χ3n) is 2.96. The van der Waals surface area contributed by atoms with Gasteiger partial charge in [0.15, 0.2) is 5.82 Å². The van der Waals surface area contributed by atoms with Gasteiger partial charge in [-0.05, 0) is 49.2 Å². The lowest BCUT2D eigenvalue weighted by atomic mass is 10.1. The maximum Gasteiger partial charge on any atom is 0.154 e. The van der Waals surface area contributed by atoms with Gasteiger partial charge in [0.25, 0.3) is 0 Å². The molecule has 0 spiro atoms. The first-order valence-corrected chi connectivity index (χ1v) is 5.34. The fourth-order valence-corrected chi connectivity index (χ4v) is 1.90. The summed E-state index contributed by atoms with van der Waals surface area (Å²) in [5.41, 5.74) is 5.81. The van der Waals surface area contributed by atoms with E-state index < -0.39 is 0 Å². The lowest BCUT2D eigenvalue weighted by Gasteiger charge is -2.22. The molecule has 1 aliphatic rings. The second-order valence-electron chi connectivity index (χ2n) is 4.13. The summed E-state index contributed by atoms with van der Waals surface area (Å²) in [5.74, 6) is 0.887. The highest BCUT2D eigenvalue weighted by molar-refractivity contribution is 5.88. The highest BCUT2D eigenvalue weighted by atomic mass is 15.1. The van der Waals surface area contributed by atoms with Crippen molar-refractivity contribution in [2.24, 2.45) is 0 Å². The summed E-state index contributed by atoms with van der Waals surface area (Å²) in [7, 11) is 0. The Morgan fingerprint density at radius 3 is 2.38 bits per heavy atom. The molecule has 0 saturated carbocycles. The molecule has 0 amide bonds. The highest BCUT2D eigenvalue weighted by Crippen LogP contribution is 2.37. The van der Waals surface area contributed by atoms with Gasteiger partial charge in [-0.3, -0.25) is 0 Å². The fourth-order valence-electron chi connectivity index (χ4n) is 1.90. The molecule has 0 radical (unpaired) electrons. The average Bonchev–Trinajstić information content (AvgIpc) is 2.28. The second kappa shape index (κ2) is 3.23. The number of hydrogen-bond acceptors (Lipinski definition) is 3. The number of aromatic nitrogens is 1. The van der Waals surface area contributed by atoms with Crippen LogP contribution in [0.2, 0.25) is 0 Å². The number of nitrogens with zero attached hydrogens (tertiary/aromatic N) is 1. The van der Waals surface area contributed by atoms with Crippen molar-refractivity contribution in [2.75, 3.05) is 10.6 Å². The van der Waals surface area contributed by atoms with Crippen LogP contribution in [0.3, 0.4) is 0 Å². The van der Waals surface area contributed by atoms with Crippen LogP contribution in [0.4, 0.5) is 22.9 Å². The average molecular weight is 211 g/mol. The predicted molar refractivity (Wildman–Crippen MR) is 66.7 cm³/mol. The normalized spacial score (nSPS) is 12.1. The van der Waals surface area contributed by atoms with Crippen molar-refractivity contribution in [1.29, 1.82) is 0 Å². The molecule has 16 heavy (non-hydrogen) atoms. The summed E-state index contributed by atoms with van der Waals surface area (Å²) in [4.78, 5) is 4.30. The molecule has 2 heterocycles. The summed E-state index contributed by atoms with van der Waals surface area (Å²) in [6.45, 7) is 4.24. The Hall–Kier alpha value is -2.03. The van der Waals surface area contributed by atoms with Crippen LogP contribution in [0.1, 0.15) is 11.1 Å². The van der Waals surface area contributed by atoms with Crippen LogP contribution in [0.5, 0.6) is 0 Å².